The summed E-state index contributed by atoms with van der Waals surface area (Å²) in [5.74, 6) is 0.150. The molecule has 0 aliphatic carbocycles. The lowest BCUT2D eigenvalue weighted by Gasteiger charge is -2.22. The molecule has 0 fully saturated rings. The van der Waals surface area contributed by atoms with Crippen LogP contribution in [0.5, 0.6) is 5.75 Å². The van der Waals surface area contributed by atoms with Gasteiger partial charge in [0.25, 0.3) is 0 Å². The normalized spacial score (nSPS) is 12.1. The quantitative estimate of drug-likeness (QED) is 0.330. The van der Waals surface area contributed by atoms with E-state index < -0.39 is 12.1 Å². The maximum Gasteiger partial charge on any atom is 0.355 e. The predicted molar refractivity (Wildman–Crippen MR) is 120 cm³/mol. The van der Waals surface area contributed by atoms with Crippen LogP contribution in [0.15, 0.2) is 102 Å². The number of aromatic hydroxyl groups is 1. The maximum atomic E-state index is 12.3. The zero-order valence-electron chi connectivity index (χ0n) is 16.2. The standard InChI is InChI=1S/C25H21N3O2/c29-22-16-15-19-11-7-8-14-21(19)23(22)24(20-12-5-2-6-13-20)27-28-25(30)26-17-18-9-3-1-4-10-18/h1-17,24,27,29H,(H,28,30)/b26-17+. The van der Waals surface area contributed by atoms with E-state index in [-0.39, 0.29) is 5.75 Å². The maximum absolute atomic E-state index is 12.3. The zero-order chi connectivity index (χ0) is 20.8. The van der Waals surface area contributed by atoms with Crippen LogP contribution in [0.3, 0.4) is 0 Å². The molecule has 1 atom stereocenters. The molecule has 5 heteroatoms. The molecule has 0 saturated heterocycles. The number of amides is 2. The average Bonchev–Trinajstić information content (AvgIpc) is 2.80. The van der Waals surface area contributed by atoms with E-state index in [1.54, 1.807) is 6.07 Å². The second kappa shape index (κ2) is 9.03. The molecule has 148 valence electrons. The molecular weight excluding hydrogens is 374 g/mol. The molecule has 4 aromatic rings. The van der Waals surface area contributed by atoms with Gasteiger partial charge in [-0.25, -0.2) is 15.2 Å². The van der Waals surface area contributed by atoms with Gasteiger partial charge in [0.1, 0.15) is 5.75 Å². The third kappa shape index (κ3) is 4.37. The summed E-state index contributed by atoms with van der Waals surface area (Å²) in [6.45, 7) is 0. The monoisotopic (exact) mass is 395 g/mol. The van der Waals surface area contributed by atoms with Crippen molar-refractivity contribution in [2.45, 2.75) is 6.04 Å². The Hall–Kier alpha value is -3.96. The SMILES string of the molecule is O=C(/N=C/c1ccccc1)NNC(c1ccccc1)c1c(O)ccc2ccccc12. The number of hydrazine groups is 1. The molecule has 0 saturated carbocycles. The summed E-state index contributed by atoms with van der Waals surface area (Å²) in [7, 11) is 0. The number of benzene rings is 4. The van der Waals surface area contributed by atoms with Crippen molar-refractivity contribution in [3.8, 4) is 5.75 Å². The van der Waals surface area contributed by atoms with Crippen molar-refractivity contribution in [3.05, 3.63) is 114 Å². The van der Waals surface area contributed by atoms with E-state index in [1.807, 2.05) is 91.0 Å². The van der Waals surface area contributed by atoms with Crippen molar-refractivity contribution < 1.29 is 9.90 Å². The molecule has 5 nitrogen and oxygen atoms in total. The molecule has 1 unspecified atom stereocenters. The molecule has 2 amide bonds. The van der Waals surface area contributed by atoms with Crippen LogP contribution in [0.1, 0.15) is 22.7 Å². The molecule has 0 heterocycles. The molecular formula is C25H21N3O2. The molecule has 4 rings (SSSR count). The van der Waals surface area contributed by atoms with E-state index >= 15 is 0 Å². The van der Waals surface area contributed by atoms with Gasteiger partial charge in [0, 0.05) is 11.8 Å². The Bertz CT molecular complexity index is 1170. The van der Waals surface area contributed by atoms with Gasteiger partial charge < -0.3 is 5.11 Å². The topological polar surface area (TPSA) is 73.7 Å². The lowest BCUT2D eigenvalue weighted by Crippen LogP contribution is -2.39. The molecule has 4 aromatic carbocycles. The fourth-order valence-electron chi connectivity index (χ4n) is 3.39. The second-order valence-corrected chi connectivity index (χ2v) is 6.81. The fraction of sp³-hybridized carbons (Fsp3) is 0.0400. The highest BCUT2D eigenvalue weighted by Crippen LogP contribution is 2.35. The number of hydrogen-bond acceptors (Lipinski definition) is 3. The van der Waals surface area contributed by atoms with E-state index in [4.69, 9.17) is 0 Å². The predicted octanol–water partition coefficient (Wildman–Crippen LogP) is 4.97. The minimum atomic E-state index is -0.528. The Balaban J connectivity index is 1.63. The summed E-state index contributed by atoms with van der Waals surface area (Å²) in [6.07, 6.45) is 1.50. The summed E-state index contributed by atoms with van der Waals surface area (Å²) in [5, 5.41) is 12.6. The average molecular weight is 395 g/mol. The van der Waals surface area contributed by atoms with Gasteiger partial charge in [0.15, 0.2) is 0 Å². The minimum absolute atomic E-state index is 0.150. The van der Waals surface area contributed by atoms with Crippen LogP contribution in [0.25, 0.3) is 10.8 Å². The Labute approximate surface area is 174 Å². The van der Waals surface area contributed by atoms with Gasteiger partial charge in [-0.2, -0.15) is 0 Å². The first-order chi connectivity index (χ1) is 14.7. The number of carbonyl (C=O) groups is 1. The van der Waals surface area contributed by atoms with Gasteiger partial charge in [-0.15, -0.1) is 0 Å². The highest BCUT2D eigenvalue weighted by molar-refractivity contribution is 5.91. The molecule has 3 N–H and O–H groups in total. The van der Waals surface area contributed by atoms with Crippen molar-refractivity contribution in [2.24, 2.45) is 4.99 Å². The number of nitrogens with one attached hydrogen (secondary N) is 2. The fourth-order valence-corrected chi connectivity index (χ4v) is 3.39. The van der Waals surface area contributed by atoms with Gasteiger partial charge in [-0.3, -0.25) is 5.43 Å². The number of nitrogens with zero attached hydrogens (tertiary/aromatic N) is 1. The van der Waals surface area contributed by atoms with E-state index in [0.29, 0.717) is 5.56 Å². The lowest BCUT2D eigenvalue weighted by molar-refractivity contribution is 0.243. The van der Waals surface area contributed by atoms with Crippen molar-refractivity contribution in [2.75, 3.05) is 0 Å². The number of carbonyl (C=O) groups excluding carboxylic acids is 1. The van der Waals surface area contributed by atoms with E-state index in [2.05, 4.69) is 15.8 Å². The summed E-state index contributed by atoms with van der Waals surface area (Å²) in [6, 6.07) is 29.4. The van der Waals surface area contributed by atoms with Gasteiger partial charge in [-0.1, -0.05) is 91.0 Å². The number of urea groups is 1. The summed E-state index contributed by atoms with van der Waals surface area (Å²) < 4.78 is 0. The van der Waals surface area contributed by atoms with Crippen LogP contribution in [-0.4, -0.2) is 17.4 Å². The largest absolute Gasteiger partial charge is 0.508 e. The summed E-state index contributed by atoms with van der Waals surface area (Å²) in [5.41, 5.74) is 8.11. The third-order valence-corrected chi connectivity index (χ3v) is 4.82. The molecule has 30 heavy (non-hydrogen) atoms. The Morgan fingerprint density at radius 3 is 2.27 bits per heavy atom. The van der Waals surface area contributed by atoms with Gasteiger partial charge in [0.05, 0.1) is 6.04 Å². The first-order valence-corrected chi connectivity index (χ1v) is 9.62. The van der Waals surface area contributed by atoms with Crippen LogP contribution >= 0.6 is 0 Å². The summed E-state index contributed by atoms with van der Waals surface area (Å²) in [4.78, 5) is 16.2. The first-order valence-electron chi connectivity index (χ1n) is 9.62. The smallest absolute Gasteiger partial charge is 0.355 e. The molecule has 0 bridgehead atoms. The molecule has 0 radical (unpaired) electrons. The molecule has 0 spiro atoms. The Morgan fingerprint density at radius 1 is 0.833 bits per heavy atom. The van der Waals surface area contributed by atoms with Crippen LogP contribution in [0.2, 0.25) is 0 Å². The number of phenols is 1. The first kappa shape index (κ1) is 19.4. The number of hydrogen-bond donors (Lipinski definition) is 3. The van der Waals surface area contributed by atoms with Crippen molar-refractivity contribution in [1.82, 2.24) is 10.9 Å². The highest BCUT2D eigenvalue weighted by Gasteiger charge is 2.20. The number of fused-ring (bicyclic) bond motifs is 1. The van der Waals surface area contributed by atoms with E-state index in [9.17, 15) is 9.90 Å². The highest BCUT2D eigenvalue weighted by atomic mass is 16.3. The number of phenolic OH excluding ortho intramolecular Hbond substituents is 1. The zero-order valence-corrected chi connectivity index (χ0v) is 16.2. The van der Waals surface area contributed by atoms with Crippen LogP contribution in [-0.2, 0) is 0 Å². The third-order valence-electron chi connectivity index (χ3n) is 4.82. The van der Waals surface area contributed by atoms with E-state index in [1.165, 1.54) is 6.21 Å². The van der Waals surface area contributed by atoms with Gasteiger partial charge in [-0.05, 0) is 28.0 Å². The van der Waals surface area contributed by atoms with Crippen LogP contribution in [0, 0.1) is 0 Å². The van der Waals surface area contributed by atoms with E-state index in [0.717, 1.165) is 21.9 Å². The van der Waals surface area contributed by atoms with Crippen molar-refractivity contribution in [1.29, 1.82) is 0 Å². The Morgan fingerprint density at radius 2 is 1.50 bits per heavy atom. The second-order valence-electron chi connectivity index (χ2n) is 6.81. The van der Waals surface area contributed by atoms with Crippen molar-refractivity contribution in [3.63, 3.8) is 0 Å². The minimum Gasteiger partial charge on any atom is -0.508 e. The van der Waals surface area contributed by atoms with Gasteiger partial charge in [0.2, 0.25) is 0 Å². The molecule has 0 aliphatic rings. The number of aliphatic imine (C=N–C) groups is 1. The summed E-state index contributed by atoms with van der Waals surface area (Å²) >= 11 is 0. The van der Waals surface area contributed by atoms with Gasteiger partial charge >= 0.3 is 6.03 Å². The van der Waals surface area contributed by atoms with Crippen LogP contribution < -0.4 is 10.9 Å². The van der Waals surface area contributed by atoms with Crippen molar-refractivity contribution >= 4 is 23.0 Å². The number of rotatable bonds is 5. The lowest BCUT2D eigenvalue weighted by atomic mass is 9.93. The molecule has 0 aromatic heterocycles. The van der Waals surface area contributed by atoms with Crippen LogP contribution in [0.4, 0.5) is 4.79 Å². The molecule has 0 aliphatic heterocycles. The Kier molecular flexibility index (Phi) is 5.83.